The maximum atomic E-state index is 12.6. The molecule has 0 saturated carbocycles. The van der Waals surface area contributed by atoms with Crippen molar-refractivity contribution in [3.63, 3.8) is 0 Å². The van der Waals surface area contributed by atoms with Crippen LogP contribution in [0.4, 0.5) is 0 Å². The average Bonchev–Trinajstić information content (AvgIpc) is 2.99. The van der Waals surface area contributed by atoms with Gasteiger partial charge in [0.05, 0.1) is 11.1 Å². The molecule has 2 heterocycles. The fraction of sp³-hybridized carbons (Fsp3) is 0.318. The van der Waals surface area contributed by atoms with E-state index in [9.17, 15) is 14.4 Å². The van der Waals surface area contributed by atoms with Crippen molar-refractivity contribution in [1.29, 1.82) is 0 Å². The minimum absolute atomic E-state index is 0.0206. The first-order valence-electron chi connectivity index (χ1n) is 9.73. The molecule has 1 fully saturated rings. The van der Waals surface area contributed by atoms with Crippen molar-refractivity contribution in [2.45, 2.75) is 13.0 Å². The number of rotatable bonds is 5. The summed E-state index contributed by atoms with van der Waals surface area (Å²) in [6.07, 6.45) is 0.155. The van der Waals surface area contributed by atoms with Gasteiger partial charge in [-0.1, -0.05) is 35.9 Å². The number of imide groups is 1. The fourth-order valence-electron chi connectivity index (χ4n) is 3.81. The van der Waals surface area contributed by atoms with Crippen molar-refractivity contribution < 1.29 is 14.4 Å². The zero-order valence-electron chi connectivity index (χ0n) is 16.0. The van der Waals surface area contributed by atoms with Crippen LogP contribution in [0.5, 0.6) is 0 Å². The number of carbonyl (C=O) groups excluding carboxylic acids is 3. The molecule has 0 bridgehead atoms. The van der Waals surface area contributed by atoms with Gasteiger partial charge in [0.1, 0.15) is 0 Å². The smallest absolute Gasteiger partial charge is 0.261 e. The first-order valence-corrected chi connectivity index (χ1v) is 10.1. The zero-order valence-corrected chi connectivity index (χ0v) is 16.8. The van der Waals surface area contributed by atoms with E-state index in [0.29, 0.717) is 24.2 Å². The Morgan fingerprint density at radius 2 is 1.45 bits per heavy atom. The highest BCUT2D eigenvalue weighted by molar-refractivity contribution is 6.30. The summed E-state index contributed by atoms with van der Waals surface area (Å²) in [6, 6.07) is 14.6. The number of hydrogen-bond donors (Lipinski definition) is 0. The summed E-state index contributed by atoms with van der Waals surface area (Å²) in [5.74, 6) is -0.648. The molecule has 0 N–H and O–H groups in total. The van der Waals surface area contributed by atoms with Gasteiger partial charge in [0.25, 0.3) is 11.8 Å². The topological polar surface area (TPSA) is 60.9 Å². The van der Waals surface area contributed by atoms with E-state index in [1.807, 2.05) is 29.2 Å². The van der Waals surface area contributed by atoms with E-state index in [0.717, 1.165) is 24.7 Å². The Labute approximate surface area is 174 Å². The molecule has 29 heavy (non-hydrogen) atoms. The van der Waals surface area contributed by atoms with Crippen LogP contribution in [0, 0.1) is 0 Å². The highest BCUT2D eigenvalue weighted by atomic mass is 35.5. The van der Waals surface area contributed by atoms with Crippen LogP contribution >= 0.6 is 11.6 Å². The van der Waals surface area contributed by atoms with Crippen LogP contribution in [0.1, 0.15) is 32.7 Å². The molecule has 1 saturated heterocycles. The lowest BCUT2D eigenvalue weighted by molar-refractivity contribution is -0.133. The maximum Gasteiger partial charge on any atom is 0.261 e. The maximum absolute atomic E-state index is 12.6. The molecule has 0 aliphatic carbocycles. The van der Waals surface area contributed by atoms with E-state index in [1.54, 1.807) is 24.3 Å². The summed E-state index contributed by atoms with van der Waals surface area (Å²) in [4.78, 5) is 42.7. The second kappa shape index (κ2) is 8.35. The molecular weight excluding hydrogens is 390 g/mol. The second-order valence-electron chi connectivity index (χ2n) is 7.34. The molecule has 0 spiro atoms. The SMILES string of the molecule is O=C(CCN1C(=O)c2ccccc2C1=O)N1CCN(Cc2ccc(Cl)cc2)CC1. The van der Waals surface area contributed by atoms with Gasteiger partial charge in [0.15, 0.2) is 0 Å². The van der Waals surface area contributed by atoms with E-state index in [2.05, 4.69) is 4.90 Å². The minimum atomic E-state index is -0.314. The highest BCUT2D eigenvalue weighted by Crippen LogP contribution is 2.22. The first kappa shape index (κ1) is 19.6. The Morgan fingerprint density at radius 3 is 2.03 bits per heavy atom. The molecule has 2 aromatic rings. The van der Waals surface area contributed by atoms with Crippen molar-refractivity contribution in [2.24, 2.45) is 0 Å². The Bertz CT molecular complexity index is 902. The number of hydrogen-bond acceptors (Lipinski definition) is 4. The van der Waals surface area contributed by atoms with Gasteiger partial charge in [-0.05, 0) is 29.8 Å². The second-order valence-corrected chi connectivity index (χ2v) is 7.78. The Kier molecular flexibility index (Phi) is 5.65. The van der Waals surface area contributed by atoms with Crippen LogP contribution in [0.25, 0.3) is 0 Å². The molecule has 150 valence electrons. The summed E-state index contributed by atoms with van der Waals surface area (Å²) in [6.45, 7) is 3.83. The van der Waals surface area contributed by atoms with Crippen molar-refractivity contribution in [1.82, 2.24) is 14.7 Å². The molecule has 2 aliphatic rings. The van der Waals surface area contributed by atoms with Gasteiger partial charge < -0.3 is 4.90 Å². The average molecular weight is 412 g/mol. The van der Waals surface area contributed by atoms with Gasteiger partial charge in [0, 0.05) is 50.7 Å². The number of amides is 3. The van der Waals surface area contributed by atoms with Crippen molar-refractivity contribution in [3.8, 4) is 0 Å². The standard InChI is InChI=1S/C22H22ClN3O3/c23-17-7-5-16(6-8-17)15-24-11-13-25(14-12-24)20(27)9-10-26-21(28)18-3-1-2-4-19(18)22(26)29/h1-8H,9-15H2. The predicted octanol–water partition coefficient (Wildman–Crippen LogP) is 2.67. The van der Waals surface area contributed by atoms with Gasteiger partial charge >= 0.3 is 0 Å². The van der Waals surface area contributed by atoms with E-state index in [-0.39, 0.29) is 30.7 Å². The predicted molar refractivity (Wildman–Crippen MR) is 110 cm³/mol. The van der Waals surface area contributed by atoms with Crippen LogP contribution in [0.3, 0.4) is 0 Å². The van der Waals surface area contributed by atoms with Crippen molar-refractivity contribution >= 4 is 29.3 Å². The van der Waals surface area contributed by atoms with Crippen LogP contribution in [-0.4, -0.2) is 65.1 Å². The highest BCUT2D eigenvalue weighted by Gasteiger charge is 2.35. The van der Waals surface area contributed by atoms with Crippen molar-refractivity contribution in [2.75, 3.05) is 32.7 Å². The summed E-state index contributed by atoms with van der Waals surface area (Å²) in [7, 11) is 0. The molecular formula is C22H22ClN3O3. The van der Waals surface area contributed by atoms with E-state index in [1.165, 1.54) is 10.5 Å². The number of halogens is 1. The van der Waals surface area contributed by atoms with Crippen LogP contribution in [-0.2, 0) is 11.3 Å². The van der Waals surface area contributed by atoms with Crippen LogP contribution < -0.4 is 0 Å². The Morgan fingerprint density at radius 1 is 0.862 bits per heavy atom. The van der Waals surface area contributed by atoms with E-state index >= 15 is 0 Å². The molecule has 0 atom stereocenters. The zero-order chi connectivity index (χ0) is 20.4. The molecule has 2 aromatic carbocycles. The molecule has 0 radical (unpaired) electrons. The minimum Gasteiger partial charge on any atom is -0.340 e. The summed E-state index contributed by atoms with van der Waals surface area (Å²) >= 11 is 5.93. The van der Waals surface area contributed by atoms with E-state index in [4.69, 9.17) is 11.6 Å². The van der Waals surface area contributed by atoms with Gasteiger partial charge in [-0.25, -0.2) is 0 Å². The Hall–Kier alpha value is -2.70. The number of carbonyl (C=O) groups is 3. The lowest BCUT2D eigenvalue weighted by Gasteiger charge is -2.35. The van der Waals surface area contributed by atoms with Gasteiger partial charge in [0.2, 0.25) is 5.91 Å². The third-order valence-corrected chi connectivity index (χ3v) is 5.72. The number of fused-ring (bicyclic) bond motifs is 1. The van der Waals surface area contributed by atoms with Gasteiger partial charge in [-0.2, -0.15) is 0 Å². The molecule has 6 nitrogen and oxygen atoms in total. The number of nitrogens with zero attached hydrogens (tertiary/aromatic N) is 3. The van der Waals surface area contributed by atoms with E-state index < -0.39 is 0 Å². The van der Waals surface area contributed by atoms with Gasteiger partial charge in [-0.15, -0.1) is 0 Å². The summed E-state index contributed by atoms with van der Waals surface area (Å²) in [5, 5.41) is 0.724. The first-order chi connectivity index (χ1) is 14.0. The number of piperazine rings is 1. The van der Waals surface area contributed by atoms with Crippen LogP contribution in [0.2, 0.25) is 5.02 Å². The quantitative estimate of drug-likeness (QED) is 0.710. The summed E-state index contributed by atoms with van der Waals surface area (Å²) in [5.41, 5.74) is 2.03. The largest absolute Gasteiger partial charge is 0.340 e. The summed E-state index contributed by atoms with van der Waals surface area (Å²) < 4.78 is 0. The third kappa shape index (κ3) is 4.18. The lowest BCUT2D eigenvalue weighted by Crippen LogP contribution is -2.49. The Balaban J connectivity index is 1.26. The monoisotopic (exact) mass is 411 g/mol. The molecule has 4 rings (SSSR count). The molecule has 2 aliphatic heterocycles. The fourth-order valence-corrected chi connectivity index (χ4v) is 3.94. The molecule has 3 amide bonds. The van der Waals surface area contributed by atoms with Crippen molar-refractivity contribution in [3.05, 3.63) is 70.2 Å². The third-order valence-electron chi connectivity index (χ3n) is 5.47. The normalized spacial score (nSPS) is 17.0. The molecule has 0 aromatic heterocycles. The molecule has 7 heteroatoms. The molecule has 0 unspecified atom stereocenters. The van der Waals surface area contributed by atoms with Crippen LogP contribution in [0.15, 0.2) is 48.5 Å². The lowest BCUT2D eigenvalue weighted by atomic mass is 10.1. The van der Waals surface area contributed by atoms with Gasteiger partial charge in [-0.3, -0.25) is 24.2 Å². The number of benzene rings is 2.